The molecule has 1 aliphatic rings. The van der Waals surface area contributed by atoms with Crippen molar-refractivity contribution in [2.24, 2.45) is 0 Å². The fourth-order valence-electron chi connectivity index (χ4n) is 2.58. The van der Waals surface area contributed by atoms with Gasteiger partial charge in [0.15, 0.2) is 11.5 Å². The molecule has 2 aromatic rings. The zero-order chi connectivity index (χ0) is 16.2. The molecule has 1 atom stereocenters. The van der Waals surface area contributed by atoms with E-state index in [0.29, 0.717) is 5.25 Å². The summed E-state index contributed by atoms with van der Waals surface area (Å²) in [4.78, 5) is 0. The van der Waals surface area contributed by atoms with Crippen LogP contribution in [0.25, 0.3) is 0 Å². The zero-order valence-electron chi connectivity index (χ0n) is 13.5. The molecule has 0 spiro atoms. The maximum absolute atomic E-state index is 8.96. The Labute approximate surface area is 140 Å². The molecule has 1 aromatic heterocycles. The molecule has 2 heterocycles. The van der Waals surface area contributed by atoms with Crippen LogP contribution in [0.5, 0.6) is 11.5 Å². The molecule has 4 nitrogen and oxygen atoms in total. The van der Waals surface area contributed by atoms with Gasteiger partial charge in [-0.2, -0.15) is 0 Å². The van der Waals surface area contributed by atoms with Gasteiger partial charge >= 0.3 is 0 Å². The second-order valence-corrected chi connectivity index (χ2v) is 7.50. The molecule has 124 valence electrons. The van der Waals surface area contributed by atoms with E-state index < -0.39 is 0 Å². The lowest BCUT2D eigenvalue weighted by Crippen LogP contribution is -2.00. The molecule has 1 aromatic carbocycles. The number of rotatable bonds is 7. The number of aliphatic hydroxyl groups excluding tert-OH is 1. The average Bonchev–Trinajstić information content (AvgIpc) is 3.18. The fraction of sp³-hybridized carbons (Fsp3) is 0.444. The van der Waals surface area contributed by atoms with Crippen LogP contribution in [0.3, 0.4) is 0 Å². The van der Waals surface area contributed by atoms with Crippen molar-refractivity contribution in [2.45, 2.75) is 37.2 Å². The lowest BCUT2D eigenvalue weighted by atomic mass is 10.1. The van der Waals surface area contributed by atoms with Crippen LogP contribution in [0, 0.1) is 0 Å². The van der Waals surface area contributed by atoms with Crippen LogP contribution < -0.4 is 9.47 Å². The maximum atomic E-state index is 8.96. The van der Waals surface area contributed by atoms with E-state index in [1.807, 2.05) is 36.0 Å². The van der Waals surface area contributed by atoms with Gasteiger partial charge in [0.1, 0.15) is 11.5 Å². The monoisotopic (exact) mass is 334 g/mol. The topological polar surface area (TPSA) is 51.8 Å². The number of fused-ring (bicyclic) bond motifs is 1. The Morgan fingerprint density at radius 1 is 1.13 bits per heavy atom. The van der Waals surface area contributed by atoms with Crippen molar-refractivity contribution in [1.29, 1.82) is 0 Å². The number of hydrogen-bond acceptors (Lipinski definition) is 5. The van der Waals surface area contributed by atoms with Gasteiger partial charge in [-0.1, -0.05) is 19.9 Å². The van der Waals surface area contributed by atoms with Crippen LogP contribution in [-0.2, 0) is 6.42 Å². The minimum Gasteiger partial charge on any atom is -0.465 e. The van der Waals surface area contributed by atoms with Crippen LogP contribution >= 0.6 is 11.8 Å². The Kier molecular flexibility index (Phi) is 5.18. The van der Waals surface area contributed by atoms with Crippen LogP contribution in [-0.4, -0.2) is 23.8 Å². The van der Waals surface area contributed by atoms with Crippen molar-refractivity contribution in [3.63, 3.8) is 0 Å². The van der Waals surface area contributed by atoms with Crippen molar-refractivity contribution < 1.29 is 19.0 Å². The number of furan rings is 1. The Balaban J connectivity index is 1.86. The SMILES string of the molecule is CC(C)SC(c1ccc2c(c1)OCO2)c1ccc(CCCO)o1. The lowest BCUT2D eigenvalue weighted by Gasteiger charge is -2.17. The van der Waals surface area contributed by atoms with Crippen molar-refractivity contribution in [1.82, 2.24) is 0 Å². The van der Waals surface area contributed by atoms with E-state index in [0.717, 1.165) is 41.4 Å². The molecule has 1 N–H and O–H groups in total. The first-order chi connectivity index (χ1) is 11.2. The van der Waals surface area contributed by atoms with E-state index in [1.54, 1.807) is 0 Å². The summed E-state index contributed by atoms with van der Waals surface area (Å²) in [5, 5.41) is 9.55. The highest BCUT2D eigenvalue weighted by atomic mass is 32.2. The molecule has 0 fully saturated rings. The summed E-state index contributed by atoms with van der Waals surface area (Å²) in [5.41, 5.74) is 1.15. The Morgan fingerprint density at radius 2 is 1.96 bits per heavy atom. The van der Waals surface area contributed by atoms with Gasteiger partial charge in [-0.25, -0.2) is 0 Å². The molecule has 23 heavy (non-hydrogen) atoms. The summed E-state index contributed by atoms with van der Waals surface area (Å²) < 4.78 is 16.9. The summed E-state index contributed by atoms with van der Waals surface area (Å²) in [7, 11) is 0. The Morgan fingerprint density at radius 3 is 2.74 bits per heavy atom. The number of aliphatic hydroxyl groups is 1. The van der Waals surface area contributed by atoms with Crippen LogP contribution in [0.15, 0.2) is 34.7 Å². The van der Waals surface area contributed by atoms with Gasteiger partial charge in [0, 0.05) is 18.3 Å². The van der Waals surface area contributed by atoms with Gasteiger partial charge in [-0.15, -0.1) is 11.8 Å². The van der Waals surface area contributed by atoms with Crippen molar-refractivity contribution in [3.8, 4) is 11.5 Å². The molecule has 3 rings (SSSR count). The quantitative estimate of drug-likeness (QED) is 0.824. The third-order valence-electron chi connectivity index (χ3n) is 3.63. The molecule has 0 amide bonds. The zero-order valence-corrected chi connectivity index (χ0v) is 14.3. The van der Waals surface area contributed by atoms with Crippen LogP contribution in [0.1, 0.15) is 42.6 Å². The highest BCUT2D eigenvalue weighted by molar-refractivity contribution is 8.00. The third-order valence-corrected chi connectivity index (χ3v) is 4.95. The summed E-state index contributed by atoms with van der Waals surface area (Å²) in [5.74, 6) is 3.45. The molecule has 0 saturated carbocycles. The minimum atomic E-state index is 0.118. The second-order valence-electron chi connectivity index (χ2n) is 5.81. The molecule has 0 radical (unpaired) electrons. The van der Waals surface area contributed by atoms with Crippen LogP contribution in [0.4, 0.5) is 0 Å². The fourth-order valence-corrected chi connectivity index (χ4v) is 3.69. The predicted molar refractivity (Wildman–Crippen MR) is 91.2 cm³/mol. The minimum absolute atomic E-state index is 0.118. The van der Waals surface area contributed by atoms with Gasteiger partial charge in [0.2, 0.25) is 6.79 Å². The largest absolute Gasteiger partial charge is 0.465 e. The standard InChI is InChI=1S/C18H22O4S/c1-12(2)23-18(16-8-6-14(22-16)4-3-9-19)13-5-7-15-17(10-13)21-11-20-15/h5-8,10,12,18-19H,3-4,9,11H2,1-2H3. The van der Waals surface area contributed by atoms with E-state index in [4.69, 9.17) is 19.0 Å². The third kappa shape index (κ3) is 3.85. The number of thioether (sulfide) groups is 1. The summed E-state index contributed by atoms with van der Waals surface area (Å²) in [6.07, 6.45) is 1.48. The number of benzene rings is 1. The first-order valence-corrected chi connectivity index (χ1v) is 8.86. The summed E-state index contributed by atoms with van der Waals surface area (Å²) in [6, 6.07) is 10.1. The Hall–Kier alpha value is -1.59. The molecule has 1 unspecified atom stereocenters. The van der Waals surface area contributed by atoms with Crippen LogP contribution in [0.2, 0.25) is 0 Å². The predicted octanol–water partition coefficient (Wildman–Crippen LogP) is 4.16. The summed E-state index contributed by atoms with van der Waals surface area (Å²) >= 11 is 1.85. The van der Waals surface area contributed by atoms with E-state index in [-0.39, 0.29) is 18.6 Å². The van der Waals surface area contributed by atoms with Gasteiger partial charge in [-0.3, -0.25) is 0 Å². The van der Waals surface area contributed by atoms with E-state index in [1.165, 1.54) is 0 Å². The number of hydrogen-bond donors (Lipinski definition) is 1. The number of aryl methyl sites for hydroxylation is 1. The number of ether oxygens (including phenoxy) is 2. The van der Waals surface area contributed by atoms with E-state index in [2.05, 4.69) is 19.9 Å². The van der Waals surface area contributed by atoms with Crippen molar-refractivity contribution in [3.05, 3.63) is 47.4 Å². The smallest absolute Gasteiger partial charge is 0.231 e. The van der Waals surface area contributed by atoms with Crippen molar-refractivity contribution >= 4 is 11.8 Å². The molecular formula is C18H22O4S. The average molecular weight is 334 g/mol. The molecule has 0 saturated heterocycles. The molecule has 5 heteroatoms. The van der Waals surface area contributed by atoms with E-state index >= 15 is 0 Å². The van der Waals surface area contributed by atoms with Gasteiger partial charge in [0.25, 0.3) is 0 Å². The lowest BCUT2D eigenvalue weighted by molar-refractivity contribution is 0.174. The Bertz CT molecular complexity index is 650. The summed E-state index contributed by atoms with van der Waals surface area (Å²) in [6.45, 7) is 4.83. The van der Waals surface area contributed by atoms with Gasteiger partial charge in [-0.05, 0) is 36.2 Å². The molecule has 1 aliphatic heterocycles. The maximum Gasteiger partial charge on any atom is 0.231 e. The first-order valence-electron chi connectivity index (χ1n) is 7.92. The van der Waals surface area contributed by atoms with Crippen molar-refractivity contribution in [2.75, 3.05) is 13.4 Å². The normalized spacial score (nSPS) is 14.4. The van der Waals surface area contributed by atoms with Gasteiger partial charge < -0.3 is 19.0 Å². The van der Waals surface area contributed by atoms with E-state index in [9.17, 15) is 0 Å². The molecular weight excluding hydrogens is 312 g/mol. The second kappa shape index (κ2) is 7.32. The first kappa shape index (κ1) is 16.3. The highest BCUT2D eigenvalue weighted by Gasteiger charge is 2.23. The van der Waals surface area contributed by atoms with Gasteiger partial charge in [0.05, 0.1) is 5.25 Å². The highest BCUT2D eigenvalue weighted by Crippen LogP contribution is 2.43. The molecule has 0 bridgehead atoms. The molecule has 0 aliphatic carbocycles.